The molecule has 144 valence electrons. The molecule has 1 aromatic heterocycles. The lowest BCUT2D eigenvalue weighted by atomic mass is 9.96. The van der Waals surface area contributed by atoms with Gasteiger partial charge in [-0.3, -0.25) is 9.59 Å². The number of aryl methyl sites for hydroxylation is 1. The number of carbonyl (C=O) groups is 2. The number of furan rings is 1. The van der Waals surface area contributed by atoms with E-state index < -0.39 is 11.6 Å². The highest BCUT2D eigenvalue weighted by Crippen LogP contribution is 2.38. The molecule has 0 atom stereocenters. The van der Waals surface area contributed by atoms with E-state index in [2.05, 4.69) is 0 Å². The fourth-order valence-corrected chi connectivity index (χ4v) is 3.64. The van der Waals surface area contributed by atoms with Gasteiger partial charge in [0.2, 0.25) is 5.78 Å². The summed E-state index contributed by atoms with van der Waals surface area (Å²) in [6.07, 6.45) is 0. The molecule has 4 rings (SSSR count). The number of fused-ring (bicyclic) bond motifs is 1. The first-order chi connectivity index (χ1) is 13.9. The van der Waals surface area contributed by atoms with Crippen LogP contribution in [0.2, 0.25) is 0 Å². The molecule has 1 N–H and O–H groups in total. The van der Waals surface area contributed by atoms with E-state index in [-0.39, 0.29) is 11.3 Å². The number of carbonyl (C=O) groups excluding carboxylic acids is 2. The molecule has 0 aliphatic heterocycles. The SMILES string of the molecule is CC(=O)C(=O)c1c(-c2ccc3c(C)cccc3c2)oc(-c2ccc(O)cc2)c1C. The van der Waals surface area contributed by atoms with Crippen LogP contribution < -0.4 is 0 Å². The van der Waals surface area contributed by atoms with Gasteiger partial charge in [0.1, 0.15) is 17.3 Å². The van der Waals surface area contributed by atoms with Gasteiger partial charge in [-0.1, -0.05) is 30.3 Å². The number of phenols is 1. The van der Waals surface area contributed by atoms with Crippen LogP contribution in [0.3, 0.4) is 0 Å². The molecule has 0 saturated carbocycles. The standard InChI is InChI=1S/C25H20O4/c1-14-5-4-6-18-13-19(9-12-21(14)18)25-22(23(28)16(3)26)15(2)24(29-25)17-7-10-20(27)11-8-17/h4-13,27H,1-3H3. The van der Waals surface area contributed by atoms with Crippen molar-refractivity contribution in [2.45, 2.75) is 20.8 Å². The van der Waals surface area contributed by atoms with E-state index in [9.17, 15) is 14.7 Å². The van der Waals surface area contributed by atoms with Crippen LogP contribution in [0.4, 0.5) is 0 Å². The van der Waals surface area contributed by atoms with Crippen molar-refractivity contribution in [3.05, 3.63) is 77.4 Å². The maximum Gasteiger partial charge on any atom is 0.232 e. The first-order valence-electron chi connectivity index (χ1n) is 9.34. The van der Waals surface area contributed by atoms with Crippen molar-refractivity contribution in [1.29, 1.82) is 0 Å². The zero-order chi connectivity index (χ0) is 20.7. The molecular formula is C25H20O4. The minimum absolute atomic E-state index is 0.142. The number of rotatable bonds is 4. The molecule has 4 aromatic rings. The van der Waals surface area contributed by atoms with Crippen LogP contribution in [0.15, 0.2) is 65.1 Å². The summed E-state index contributed by atoms with van der Waals surface area (Å²) in [6.45, 7) is 5.09. The second-order valence-electron chi connectivity index (χ2n) is 7.20. The second kappa shape index (κ2) is 7.06. The van der Waals surface area contributed by atoms with Crippen LogP contribution in [0.25, 0.3) is 33.4 Å². The summed E-state index contributed by atoms with van der Waals surface area (Å²) >= 11 is 0. The van der Waals surface area contributed by atoms with Crippen molar-refractivity contribution < 1.29 is 19.1 Å². The molecule has 3 aromatic carbocycles. The van der Waals surface area contributed by atoms with Crippen molar-refractivity contribution >= 4 is 22.3 Å². The molecule has 4 nitrogen and oxygen atoms in total. The van der Waals surface area contributed by atoms with E-state index in [0.29, 0.717) is 17.1 Å². The highest BCUT2D eigenvalue weighted by atomic mass is 16.3. The monoisotopic (exact) mass is 384 g/mol. The predicted octanol–water partition coefficient (Wildman–Crippen LogP) is 5.86. The Morgan fingerprint density at radius 2 is 1.55 bits per heavy atom. The summed E-state index contributed by atoms with van der Waals surface area (Å²) in [5, 5.41) is 11.7. The molecule has 0 saturated heterocycles. The third-order valence-corrected chi connectivity index (χ3v) is 5.18. The average molecular weight is 384 g/mol. The van der Waals surface area contributed by atoms with Crippen molar-refractivity contribution in [1.82, 2.24) is 0 Å². The summed E-state index contributed by atoms with van der Waals surface area (Å²) in [5.41, 5.74) is 3.51. The molecule has 0 radical (unpaired) electrons. The Kier molecular flexibility index (Phi) is 4.55. The molecular weight excluding hydrogens is 364 g/mol. The van der Waals surface area contributed by atoms with Gasteiger partial charge in [-0.2, -0.15) is 0 Å². The lowest BCUT2D eigenvalue weighted by Crippen LogP contribution is -2.11. The zero-order valence-electron chi connectivity index (χ0n) is 16.4. The van der Waals surface area contributed by atoms with Crippen LogP contribution in [-0.2, 0) is 4.79 Å². The second-order valence-corrected chi connectivity index (χ2v) is 7.20. The molecule has 29 heavy (non-hydrogen) atoms. The van der Waals surface area contributed by atoms with Crippen LogP contribution in [-0.4, -0.2) is 16.7 Å². The van der Waals surface area contributed by atoms with Gasteiger partial charge in [0.25, 0.3) is 0 Å². The first-order valence-corrected chi connectivity index (χ1v) is 9.34. The number of Topliss-reactive ketones (excluding diaryl/α,β-unsaturated/α-hetero) is 2. The Morgan fingerprint density at radius 1 is 0.862 bits per heavy atom. The smallest absolute Gasteiger partial charge is 0.232 e. The number of aromatic hydroxyl groups is 1. The minimum Gasteiger partial charge on any atom is -0.508 e. The lowest BCUT2D eigenvalue weighted by Gasteiger charge is -2.06. The fourth-order valence-electron chi connectivity index (χ4n) is 3.64. The Labute approximate surface area is 168 Å². The third kappa shape index (κ3) is 3.23. The molecule has 0 unspecified atom stereocenters. The molecule has 0 bridgehead atoms. The zero-order valence-corrected chi connectivity index (χ0v) is 16.4. The van der Waals surface area contributed by atoms with Crippen molar-refractivity contribution in [3.8, 4) is 28.4 Å². The molecule has 0 spiro atoms. The van der Waals surface area contributed by atoms with Gasteiger partial charge in [-0.25, -0.2) is 0 Å². The van der Waals surface area contributed by atoms with Gasteiger partial charge in [-0.15, -0.1) is 0 Å². The normalized spacial score (nSPS) is 11.0. The van der Waals surface area contributed by atoms with Crippen molar-refractivity contribution in [3.63, 3.8) is 0 Å². The van der Waals surface area contributed by atoms with E-state index in [0.717, 1.165) is 27.5 Å². The van der Waals surface area contributed by atoms with Crippen LogP contribution in [0, 0.1) is 13.8 Å². The third-order valence-electron chi connectivity index (χ3n) is 5.18. The maximum atomic E-state index is 12.7. The maximum absolute atomic E-state index is 12.7. The molecule has 0 fully saturated rings. The highest BCUT2D eigenvalue weighted by molar-refractivity contribution is 6.44. The number of hydrogen-bond acceptors (Lipinski definition) is 4. The van der Waals surface area contributed by atoms with Crippen molar-refractivity contribution in [2.24, 2.45) is 0 Å². The van der Waals surface area contributed by atoms with Gasteiger partial charge in [0.05, 0.1) is 5.56 Å². The van der Waals surface area contributed by atoms with E-state index in [1.54, 1.807) is 31.2 Å². The van der Waals surface area contributed by atoms with E-state index in [1.165, 1.54) is 6.92 Å². The van der Waals surface area contributed by atoms with Crippen LogP contribution >= 0.6 is 0 Å². The molecule has 4 heteroatoms. The Bertz CT molecular complexity index is 1260. The molecule has 0 amide bonds. The van der Waals surface area contributed by atoms with Crippen molar-refractivity contribution in [2.75, 3.05) is 0 Å². The Balaban J connectivity index is 1.96. The molecule has 0 aliphatic rings. The van der Waals surface area contributed by atoms with Crippen LogP contribution in [0.1, 0.15) is 28.4 Å². The number of benzene rings is 3. The van der Waals surface area contributed by atoms with E-state index in [4.69, 9.17) is 4.42 Å². The lowest BCUT2D eigenvalue weighted by molar-refractivity contribution is -0.113. The van der Waals surface area contributed by atoms with Gasteiger partial charge < -0.3 is 9.52 Å². The van der Waals surface area contributed by atoms with E-state index in [1.807, 2.05) is 43.3 Å². The number of ketones is 2. The summed E-state index contributed by atoms with van der Waals surface area (Å²) in [7, 11) is 0. The topological polar surface area (TPSA) is 67.5 Å². The summed E-state index contributed by atoms with van der Waals surface area (Å²) in [5.74, 6) is -0.0779. The van der Waals surface area contributed by atoms with Gasteiger partial charge >= 0.3 is 0 Å². The molecule has 1 heterocycles. The largest absolute Gasteiger partial charge is 0.508 e. The quantitative estimate of drug-likeness (QED) is 0.353. The van der Waals surface area contributed by atoms with Gasteiger partial charge in [0, 0.05) is 23.6 Å². The Morgan fingerprint density at radius 3 is 2.24 bits per heavy atom. The van der Waals surface area contributed by atoms with Crippen LogP contribution in [0.5, 0.6) is 5.75 Å². The summed E-state index contributed by atoms with van der Waals surface area (Å²) < 4.78 is 6.15. The van der Waals surface area contributed by atoms with Gasteiger partial charge in [-0.05, 0) is 60.5 Å². The fraction of sp³-hybridized carbons (Fsp3) is 0.120. The highest BCUT2D eigenvalue weighted by Gasteiger charge is 2.27. The van der Waals surface area contributed by atoms with E-state index >= 15 is 0 Å². The first kappa shape index (κ1) is 18.7. The Hall–Kier alpha value is -3.66. The van der Waals surface area contributed by atoms with Gasteiger partial charge in [0.15, 0.2) is 5.78 Å². The summed E-state index contributed by atoms with van der Waals surface area (Å²) in [4.78, 5) is 24.6. The minimum atomic E-state index is -0.574. The predicted molar refractivity (Wildman–Crippen MR) is 113 cm³/mol. The molecule has 0 aliphatic carbocycles. The average Bonchev–Trinajstić information content (AvgIpc) is 3.05. The number of phenolic OH excluding ortho intramolecular Hbond substituents is 1. The summed E-state index contributed by atoms with van der Waals surface area (Å²) in [6, 6.07) is 18.5. The number of hydrogen-bond donors (Lipinski definition) is 1.